The Morgan fingerprint density at radius 3 is 2.62 bits per heavy atom. The van der Waals surface area contributed by atoms with Gasteiger partial charge in [0, 0.05) is 34.8 Å². The first-order valence-corrected chi connectivity index (χ1v) is 11.7. The molecule has 3 rings (SSSR count). The van der Waals surface area contributed by atoms with Gasteiger partial charge in [-0.15, -0.1) is 22.7 Å². The summed E-state index contributed by atoms with van der Waals surface area (Å²) in [5, 5.41) is 5.32. The van der Waals surface area contributed by atoms with Gasteiger partial charge in [-0.3, -0.25) is 4.90 Å². The van der Waals surface area contributed by atoms with Crippen molar-refractivity contribution in [1.82, 2.24) is 9.88 Å². The second-order valence-corrected chi connectivity index (χ2v) is 11.6. The molecule has 0 unspecified atom stereocenters. The number of rotatable bonds is 5. The van der Waals surface area contributed by atoms with Crippen LogP contribution in [0.3, 0.4) is 0 Å². The molecule has 0 spiro atoms. The fourth-order valence-corrected chi connectivity index (χ4v) is 6.30. The van der Waals surface area contributed by atoms with Crippen molar-refractivity contribution in [3.05, 3.63) is 38.5 Å². The van der Waals surface area contributed by atoms with Crippen LogP contribution in [0.4, 0.5) is 0 Å². The second-order valence-electron chi connectivity index (χ2n) is 7.44. The van der Waals surface area contributed by atoms with Crippen molar-refractivity contribution in [1.29, 1.82) is 0 Å². The Morgan fingerprint density at radius 2 is 2.08 bits per heavy atom. The topological polar surface area (TPSA) is 50.3 Å². The molecule has 1 atom stereocenters. The predicted molar refractivity (Wildman–Crippen MR) is 101 cm³/mol. The van der Waals surface area contributed by atoms with Crippen molar-refractivity contribution < 1.29 is 8.42 Å². The van der Waals surface area contributed by atoms with E-state index < -0.39 is 9.84 Å². The summed E-state index contributed by atoms with van der Waals surface area (Å²) in [6.07, 6.45) is 0.726. The fraction of sp³-hybridized carbons (Fsp3) is 0.588. The first-order chi connectivity index (χ1) is 11.2. The molecule has 0 amide bonds. The van der Waals surface area contributed by atoms with Crippen molar-refractivity contribution in [2.45, 2.75) is 51.7 Å². The molecule has 0 aromatic carbocycles. The van der Waals surface area contributed by atoms with Gasteiger partial charge in [0.05, 0.1) is 22.2 Å². The van der Waals surface area contributed by atoms with Crippen LogP contribution in [0.1, 0.15) is 42.8 Å². The molecule has 132 valence electrons. The van der Waals surface area contributed by atoms with Gasteiger partial charge in [-0.2, -0.15) is 0 Å². The standard InChI is InChI=1S/C17H24N2O2S3/c1-17(2,3)16-18-13(11-23-16)9-19(10-15-5-4-7-22-15)14-6-8-24(20,21)12-14/h4-5,7,11,14H,6,8-10,12H2,1-3H3/t14-/m0/s1. The zero-order valence-corrected chi connectivity index (χ0v) is 16.8. The number of hydrogen-bond donors (Lipinski definition) is 0. The summed E-state index contributed by atoms with van der Waals surface area (Å²) in [6.45, 7) is 8.01. The number of sulfone groups is 1. The maximum Gasteiger partial charge on any atom is 0.151 e. The average molecular weight is 385 g/mol. The molecule has 2 aromatic rings. The van der Waals surface area contributed by atoms with Gasteiger partial charge in [-0.25, -0.2) is 13.4 Å². The number of nitrogens with zero attached hydrogens (tertiary/aromatic N) is 2. The molecule has 0 aliphatic carbocycles. The highest BCUT2D eigenvalue weighted by Crippen LogP contribution is 2.28. The number of aromatic nitrogens is 1. The Balaban J connectivity index is 1.78. The molecule has 4 nitrogen and oxygen atoms in total. The number of hydrogen-bond acceptors (Lipinski definition) is 6. The summed E-state index contributed by atoms with van der Waals surface area (Å²) >= 11 is 3.42. The fourth-order valence-electron chi connectivity index (χ4n) is 2.91. The van der Waals surface area contributed by atoms with E-state index in [0.717, 1.165) is 23.7 Å². The van der Waals surface area contributed by atoms with Gasteiger partial charge in [0.1, 0.15) is 0 Å². The molecule has 1 aliphatic heterocycles. The Kier molecular flexibility index (Phi) is 5.16. The SMILES string of the molecule is CC(C)(C)c1nc(CN(Cc2cccs2)[C@H]2CCS(=O)(=O)C2)cs1. The summed E-state index contributed by atoms with van der Waals surface area (Å²) in [5.41, 5.74) is 1.10. The lowest BCUT2D eigenvalue weighted by Gasteiger charge is -2.26. The Bertz CT molecular complexity index is 773. The maximum absolute atomic E-state index is 11.9. The first-order valence-electron chi connectivity index (χ1n) is 8.15. The third-order valence-electron chi connectivity index (χ3n) is 4.22. The molecule has 1 saturated heterocycles. The van der Waals surface area contributed by atoms with Crippen LogP contribution >= 0.6 is 22.7 Å². The van der Waals surface area contributed by atoms with Crippen LogP contribution in [0.5, 0.6) is 0 Å². The van der Waals surface area contributed by atoms with E-state index in [0.29, 0.717) is 12.3 Å². The number of thiazole rings is 1. The summed E-state index contributed by atoms with van der Waals surface area (Å²) in [7, 11) is -2.89. The lowest BCUT2D eigenvalue weighted by Crippen LogP contribution is -2.35. The third-order valence-corrected chi connectivity index (χ3v) is 8.15. The largest absolute Gasteiger partial charge is 0.288 e. The Labute approximate surface area is 152 Å². The van der Waals surface area contributed by atoms with Crippen LogP contribution in [0.15, 0.2) is 22.9 Å². The summed E-state index contributed by atoms with van der Waals surface area (Å²) in [6, 6.07) is 4.25. The van der Waals surface area contributed by atoms with Gasteiger partial charge in [-0.05, 0) is 17.9 Å². The van der Waals surface area contributed by atoms with Crippen molar-refractivity contribution in [3.63, 3.8) is 0 Å². The van der Waals surface area contributed by atoms with E-state index in [1.807, 2.05) is 6.07 Å². The van der Waals surface area contributed by atoms with Crippen molar-refractivity contribution in [2.24, 2.45) is 0 Å². The van der Waals surface area contributed by atoms with E-state index in [1.165, 1.54) is 4.88 Å². The van der Waals surface area contributed by atoms with Gasteiger partial charge in [0.15, 0.2) is 9.84 Å². The van der Waals surface area contributed by atoms with Crippen molar-refractivity contribution in [3.8, 4) is 0 Å². The highest BCUT2D eigenvalue weighted by Gasteiger charge is 2.33. The second kappa shape index (κ2) is 6.86. The van der Waals surface area contributed by atoms with Crippen molar-refractivity contribution in [2.75, 3.05) is 11.5 Å². The van der Waals surface area contributed by atoms with E-state index >= 15 is 0 Å². The van der Waals surface area contributed by atoms with E-state index in [2.05, 4.69) is 42.5 Å². The summed E-state index contributed by atoms with van der Waals surface area (Å²) in [5.74, 6) is 0.581. The third kappa shape index (κ3) is 4.45. The van der Waals surface area contributed by atoms with Crippen LogP contribution in [-0.4, -0.2) is 35.8 Å². The van der Waals surface area contributed by atoms with Crippen LogP contribution in [0.25, 0.3) is 0 Å². The lowest BCUT2D eigenvalue weighted by molar-refractivity contribution is 0.194. The predicted octanol–water partition coefficient (Wildman–Crippen LogP) is 3.69. The molecule has 1 fully saturated rings. The minimum absolute atomic E-state index is 0.0538. The van der Waals surface area contributed by atoms with Crippen LogP contribution in [0.2, 0.25) is 0 Å². The van der Waals surface area contributed by atoms with E-state index in [-0.39, 0.29) is 17.2 Å². The normalized spacial score (nSPS) is 20.8. The van der Waals surface area contributed by atoms with Gasteiger partial charge >= 0.3 is 0 Å². The summed E-state index contributed by atoms with van der Waals surface area (Å²) < 4.78 is 23.8. The maximum atomic E-state index is 11.9. The van der Waals surface area contributed by atoms with Gasteiger partial charge in [0.25, 0.3) is 0 Å². The van der Waals surface area contributed by atoms with Crippen molar-refractivity contribution >= 4 is 32.5 Å². The molecule has 0 N–H and O–H groups in total. The van der Waals surface area contributed by atoms with Gasteiger partial charge in [0.2, 0.25) is 0 Å². The molecule has 3 heterocycles. The minimum atomic E-state index is -2.89. The lowest BCUT2D eigenvalue weighted by atomic mass is 9.98. The van der Waals surface area contributed by atoms with Crippen LogP contribution in [-0.2, 0) is 28.3 Å². The molecule has 1 aliphatic rings. The quantitative estimate of drug-likeness (QED) is 0.789. The minimum Gasteiger partial charge on any atom is -0.288 e. The Morgan fingerprint density at radius 1 is 1.29 bits per heavy atom. The monoisotopic (exact) mass is 384 g/mol. The average Bonchev–Trinajstić information content (AvgIpc) is 3.17. The summed E-state index contributed by atoms with van der Waals surface area (Å²) in [4.78, 5) is 8.35. The van der Waals surface area contributed by atoms with E-state index in [1.54, 1.807) is 22.7 Å². The smallest absolute Gasteiger partial charge is 0.151 e. The highest BCUT2D eigenvalue weighted by atomic mass is 32.2. The molecule has 7 heteroatoms. The first kappa shape index (κ1) is 18.0. The molecule has 2 aromatic heterocycles. The molecule has 24 heavy (non-hydrogen) atoms. The van der Waals surface area contributed by atoms with E-state index in [4.69, 9.17) is 4.98 Å². The molecular formula is C17H24N2O2S3. The zero-order valence-electron chi connectivity index (χ0n) is 14.4. The van der Waals surface area contributed by atoms with Gasteiger partial charge < -0.3 is 0 Å². The van der Waals surface area contributed by atoms with Crippen LogP contribution in [0, 0.1) is 0 Å². The highest BCUT2D eigenvalue weighted by molar-refractivity contribution is 7.91. The zero-order chi connectivity index (χ0) is 17.4. The van der Waals surface area contributed by atoms with E-state index in [9.17, 15) is 8.42 Å². The van der Waals surface area contributed by atoms with Gasteiger partial charge in [-0.1, -0.05) is 26.8 Å². The number of thiophene rings is 1. The molecule has 0 saturated carbocycles. The molecular weight excluding hydrogens is 360 g/mol. The Hall–Kier alpha value is -0.760. The molecule has 0 bridgehead atoms. The molecule has 0 radical (unpaired) electrons. The van der Waals surface area contributed by atoms with Crippen LogP contribution < -0.4 is 0 Å².